The van der Waals surface area contributed by atoms with Crippen LogP contribution in [0, 0.1) is 6.92 Å². The normalized spacial score (nSPS) is 14.6. The molecule has 0 fully saturated rings. The lowest BCUT2D eigenvalue weighted by Crippen LogP contribution is -2.37. The van der Waals surface area contributed by atoms with Crippen molar-refractivity contribution >= 4 is 5.91 Å². The first kappa shape index (κ1) is 11.9. The van der Waals surface area contributed by atoms with Crippen LogP contribution in [0.2, 0.25) is 0 Å². The highest BCUT2D eigenvalue weighted by Gasteiger charge is 2.25. The van der Waals surface area contributed by atoms with Gasteiger partial charge in [-0.3, -0.25) is 4.79 Å². The minimum atomic E-state index is 0.0857. The minimum absolute atomic E-state index is 0.0857. The van der Waals surface area contributed by atoms with Crippen LogP contribution in [0.1, 0.15) is 27.6 Å². The highest BCUT2D eigenvalue weighted by atomic mass is 16.2. The fourth-order valence-electron chi connectivity index (χ4n) is 2.38. The summed E-state index contributed by atoms with van der Waals surface area (Å²) in [7, 11) is 1.92. The van der Waals surface area contributed by atoms with Crippen LogP contribution in [0.5, 0.6) is 0 Å². The van der Waals surface area contributed by atoms with Gasteiger partial charge in [0.1, 0.15) is 5.82 Å². The van der Waals surface area contributed by atoms with Gasteiger partial charge in [0, 0.05) is 19.2 Å². The molecule has 0 aliphatic carbocycles. The molecule has 0 spiro atoms. The van der Waals surface area contributed by atoms with Gasteiger partial charge in [0.2, 0.25) is 0 Å². The number of aryl methyl sites for hydroxylation is 1. The number of fused-ring (bicyclic) bond motifs is 1. The Balaban J connectivity index is 1.85. The number of nitrogens with zero attached hydrogens (tertiary/aromatic N) is 4. The molecule has 5 nitrogen and oxygen atoms in total. The minimum Gasteiger partial charge on any atom is -0.331 e. The van der Waals surface area contributed by atoms with E-state index in [1.807, 2.05) is 47.7 Å². The Morgan fingerprint density at radius 1 is 1.26 bits per heavy atom. The molecule has 5 heteroatoms. The third-order valence-corrected chi connectivity index (χ3v) is 3.70. The summed E-state index contributed by atoms with van der Waals surface area (Å²) in [4.78, 5) is 14.2. The van der Waals surface area contributed by atoms with Gasteiger partial charge >= 0.3 is 0 Å². The fraction of sp³-hybridized carbons (Fsp3) is 0.357. The van der Waals surface area contributed by atoms with Gasteiger partial charge in [0.05, 0.1) is 6.54 Å². The van der Waals surface area contributed by atoms with Crippen molar-refractivity contribution in [3.8, 4) is 0 Å². The molecule has 0 radical (unpaired) electrons. The number of amides is 1. The van der Waals surface area contributed by atoms with Crippen LogP contribution in [0.3, 0.4) is 0 Å². The molecule has 0 bridgehead atoms. The molecular formula is C14H16N4O. The van der Waals surface area contributed by atoms with Gasteiger partial charge in [-0.2, -0.15) is 0 Å². The molecule has 1 aliphatic heterocycles. The zero-order chi connectivity index (χ0) is 13.4. The monoisotopic (exact) mass is 256 g/mol. The molecule has 0 N–H and O–H groups in total. The predicted octanol–water partition coefficient (Wildman–Crippen LogP) is 1.32. The van der Waals surface area contributed by atoms with E-state index in [2.05, 4.69) is 10.2 Å². The van der Waals surface area contributed by atoms with E-state index in [-0.39, 0.29) is 5.91 Å². The molecule has 2 heterocycles. The summed E-state index contributed by atoms with van der Waals surface area (Å²) in [5.41, 5.74) is 1.95. The highest BCUT2D eigenvalue weighted by Crippen LogP contribution is 2.19. The second-order valence-corrected chi connectivity index (χ2v) is 4.86. The maximum absolute atomic E-state index is 12.4. The SMILES string of the molecule is Cc1nnc(CN2CCc3ccccc3C2=O)n1C. The maximum atomic E-state index is 12.4. The molecule has 0 saturated carbocycles. The van der Waals surface area contributed by atoms with Crippen LogP contribution < -0.4 is 0 Å². The van der Waals surface area contributed by atoms with Crippen molar-refractivity contribution in [3.63, 3.8) is 0 Å². The third-order valence-electron chi connectivity index (χ3n) is 3.70. The van der Waals surface area contributed by atoms with Crippen molar-refractivity contribution in [1.82, 2.24) is 19.7 Å². The van der Waals surface area contributed by atoms with Gasteiger partial charge in [-0.25, -0.2) is 0 Å². The molecule has 0 atom stereocenters. The second-order valence-electron chi connectivity index (χ2n) is 4.86. The van der Waals surface area contributed by atoms with Crippen molar-refractivity contribution in [2.45, 2.75) is 19.9 Å². The van der Waals surface area contributed by atoms with Gasteiger partial charge in [-0.1, -0.05) is 18.2 Å². The molecule has 19 heavy (non-hydrogen) atoms. The van der Waals surface area contributed by atoms with Crippen LogP contribution in [0.4, 0.5) is 0 Å². The van der Waals surface area contributed by atoms with E-state index in [1.165, 1.54) is 0 Å². The first-order valence-corrected chi connectivity index (χ1v) is 6.39. The van der Waals surface area contributed by atoms with E-state index in [1.54, 1.807) is 0 Å². The van der Waals surface area contributed by atoms with E-state index in [4.69, 9.17) is 0 Å². The number of benzene rings is 1. The lowest BCUT2D eigenvalue weighted by Gasteiger charge is -2.28. The smallest absolute Gasteiger partial charge is 0.254 e. The molecule has 98 valence electrons. The molecule has 0 saturated heterocycles. The first-order valence-electron chi connectivity index (χ1n) is 6.39. The van der Waals surface area contributed by atoms with Gasteiger partial charge in [0.25, 0.3) is 5.91 Å². The lowest BCUT2D eigenvalue weighted by molar-refractivity contribution is 0.0721. The molecule has 1 aromatic carbocycles. The zero-order valence-electron chi connectivity index (χ0n) is 11.1. The summed E-state index contributed by atoms with van der Waals surface area (Å²) in [6, 6.07) is 7.81. The Labute approximate surface area is 111 Å². The van der Waals surface area contributed by atoms with Gasteiger partial charge in [0.15, 0.2) is 5.82 Å². The molecular weight excluding hydrogens is 240 g/mol. The van der Waals surface area contributed by atoms with Crippen molar-refractivity contribution in [2.24, 2.45) is 7.05 Å². The summed E-state index contributed by atoms with van der Waals surface area (Å²) >= 11 is 0. The average molecular weight is 256 g/mol. The van der Waals surface area contributed by atoms with Crippen LogP contribution in [-0.4, -0.2) is 32.1 Å². The Morgan fingerprint density at radius 2 is 2.05 bits per heavy atom. The van der Waals surface area contributed by atoms with Gasteiger partial charge < -0.3 is 9.47 Å². The van der Waals surface area contributed by atoms with Crippen LogP contribution in [0.15, 0.2) is 24.3 Å². The topological polar surface area (TPSA) is 51.0 Å². The molecule has 1 aromatic heterocycles. The third kappa shape index (κ3) is 2.01. The Morgan fingerprint density at radius 3 is 2.79 bits per heavy atom. The standard InChI is InChI=1S/C14H16N4O/c1-10-15-16-13(17(10)2)9-18-8-7-11-5-3-4-6-12(11)14(18)19/h3-6H,7-9H2,1-2H3. The first-order chi connectivity index (χ1) is 9.16. The Kier molecular flexibility index (Phi) is 2.81. The van der Waals surface area contributed by atoms with E-state index in [0.717, 1.165) is 35.7 Å². The van der Waals surface area contributed by atoms with E-state index < -0.39 is 0 Å². The zero-order valence-corrected chi connectivity index (χ0v) is 11.1. The van der Waals surface area contributed by atoms with Crippen LogP contribution in [-0.2, 0) is 20.0 Å². The van der Waals surface area contributed by atoms with Gasteiger partial charge in [-0.15, -0.1) is 10.2 Å². The van der Waals surface area contributed by atoms with Crippen LogP contribution >= 0.6 is 0 Å². The molecule has 0 unspecified atom stereocenters. The largest absolute Gasteiger partial charge is 0.331 e. The van der Waals surface area contributed by atoms with Crippen molar-refractivity contribution in [1.29, 1.82) is 0 Å². The molecule has 3 rings (SSSR count). The predicted molar refractivity (Wildman–Crippen MR) is 70.6 cm³/mol. The quantitative estimate of drug-likeness (QED) is 0.814. The highest BCUT2D eigenvalue weighted by molar-refractivity contribution is 5.96. The number of carbonyl (C=O) groups excluding carboxylic acids is 1. The summed E-state index contributed by atoms with van der Waals surface area (Å²) in [6.07, 6.45) is 0.902. The number of hydrogen-bond donors (Lipinski definition) is 0. The maximum Gasteiger partial charge on any atom is 0.254 e. The van der Waals surface area contributed by atoms with Crippen molar-refractivity contribution < 1.29 is 4.79 Å². The number of carbonyl (C=O) groups is 1. The lowest BCUT2D eigenvalue weighted by atomic mass is 9.99. The Bertz CT molecular complexity index is 632. The van der Waals surface area contributed by atoms with Crippen LogP contribution in [0.25, 0.3) is 0 Å². The summed E-state index contributed by atoms with van der Waals surface area (Å²) < 4.78 is 1.92. The molecule has 1 amide bonds. The molecule has 2 aromatic rings. The second kappa shape index (κ2) is 4.50. The summed E-state index contributed by atoms with van der Waals surface area (Å²) in [6.45, 7) is 3.16. The number of rotatable bonds is 2. The number of hydrogen-bond acceptors (Lipinski definition) is 3. The van der Waals surface area contributed by atoms with Crippen molar-refractivity contribution in [2.75, 3.05) is 6.54 Å². The fourth-order valence-corrected chi connectivity index (χ4v) is 2.38. The Hall–Kier alpha value is -2.17. The van der Waals surface area contributed by atoms with Crippen molar-refractivity contribution in [3.05, 3.63) is 47.0 Å². The summed E-state index contributed by atoms with van der Waals surface area (Å²) in [5, 5.41) is 8.14. The average Bonchev–Trinajstić information content (AvgIpc) is 2.74. The van der Waals surface area contributed by atoms with E-state index in [0.29, 0.717) is 6.54 Å². The van der Waals surface area contributed by atoms with E-state index >= 15 is 0 Å². The van der Waals surface area contributed by atoms with Gasteiger partial charge in [-0.05, 0) is 25.0 Å². The molecule has 1 aliphatic rings. The number of aromatic nitrogens is 3. The summed E-state index contributed by atoms with van der Waals surface area (Å²) in [5.74, 6) is 1.77. The van der Waals surface area contributed by atoms with E-state index in [9.17, 15) is 4.79 Å².